The van der Waals surface area contributed by atoms with Crippen molar-refractivity contribution in [2.75, 3.05) is 12.0 Å². The Hall–Kier alpha value is -2.22. The average Bonchev–Trinajstić information content (AvgIpc) is 2.28. The summed E-state index contributed by atoms with van der Waals surface area (Å²) < 4.78 is 24.6. The molecule has 19 heavy (non-hydrogen) atoms. The van der Waals surface area contributed by atoms with Gasteiger partial charge in [0.2, 0.25) is 5.95 Å². The Morgan fingerprint density at radius 3 is 2.58 bits per heavy atom. The van der Waals surface area contributed by atoms with Crippen molar-refractivity contribution in [1.29, 1.82) is 0 Å². The molecule has 1 aromatic carbocycles. The van der Waals surface area contributed by atoms with E-state index < -0.39 is 15.5 Å². The number of anilines is 1. The number of nitrogens with two attached hydrogens (primary N) is 1. The summed E-state index contributed by atoms with van der Waals surface area (Å²) in [7, 11) is -3.48. The van der Waals surface area contributed by atoms with Crippen LogP contribution in [-0.2, 0) is 9.84 Å². The molecule has 2 rings (SSSR count). The van der Waals surface area contributed by atoms with Gasteiger partial charge in [-0.1, -0.05) is 12.1 Å². The minimum absolute atomic E-state index is 0.0444. The van der Waals surface area contributed by atoms with Crippen molar-refractivity contribution in [2.24, 2.45) is 0 Å². The predicted octanol–water partition coefficient (Wildman–Crippen LogP) is -0.0784. The molecule has 0 saturated heterocycles. The van der Waals surface area contributed by atoms with Gasteiger partial charge in [-0.05, 0) is 18.6 Å². The standard InChI is InChI=1S/C11H12N4O3S/c1-7-4-3-5-8(19(2,17)18)9(7)15-6-13-10(12)14-11(15)16/h3-6H,1-2H3,(H2,12,14,16). The Kier molecular flexibility index (Phi) is 3.11. The third-order valence-corrected chi connectivity index (χ3v) is 3.69. The fourth-order valence-electron chi connectivity index (χ4n) is 1.74. The molecular weight excluding hydrogens is 268 g/mol. The van der Waals surface area contributed by atoms with Crippen molar-refractivity contribution in [3.05, 3.63) is 40.6 Å². The average molecular weight is 280 g/mol. The van der Waals surface area contributed by atoms with Gasteiger partial charge in [0.15, 0.2) is 9.84 Å². The first-order valence-electron chi connectivity index (χ1n) is 5.32. The number of hydrogen-bond donors (Lipinski definition) is 1. The number of aryl methyl sites for hydroxylation is 1. The van der Waals surface area contributed by atoms with Gasteiger partial charge in [0, 0.05) is 6.26 Å². The molecule has 0 aliphatic carbocycles. The number of rotatable bonds is 2. The maximum atomic E-state index is 11.8. The van der Waals surface area contributed by atoms with E-state index in [9.17, 15) is 13.2 Å². The van der Waals surface area contributed by atoms with E-state index in [0.29, 0.717) is 5.56 Å². The predicted molar refractivity (Wildman–Crippen MR) is 69.9 cm³/mol. The van der Waals surface area contributed by atoms with Gasteiger partial charge in [-0.25, -0.2) is 22.8 Å². The van der Waals surface area contributed by atoms with E-state index in [2.05, 4.69) is 9.97 Å². The van der Waals surface area contributed by atoms with Crippen LogP contribution in [0.4, 0.5) is 5.95 Å². The van der Waals surface area contributed by atoms with Crippen LogP contribution in [0.5, 0.6) is 0 Å². The molecule has 0 spiro atoms. The van der Waals surface area contributed by atoms with Crippen molar-refractivity contribution in [3.63, 3.8) is 0 Å². The van der Waals surface area contributed by atoms with Crippen molar-refractivity contribution in [3.8, 4) is 5.69 Å². The quantitative estimate of drug-likeness (QED) is 0.824. The summed E-state index contributed by atoms with van der Waals surface area (Å²) in [6.45, 7) is 1.70. The molecule has 0 fully saturated rings. The van der Waals surface area contributed by atoms with Crippen LogP contribution >= 0.6 is 0 Å². The zero-order chi connectivity index (χ0) is 14.2. The first-order chi connectivity index (χ1) is 8.80. The molecule has 7 nitrogen and oxygen atoms in total. The van der Waals surface area contributed by atoms with Crippen LogP contribution in [0.25, 0.3) is 5.69 Å². The number of sulfone groups is 1. The van der Waals surface area contributed by atoms with Crippen LogP contribution in [-0.4, -0.2) is 29.2 Å². The fourth-order valence-corrected chi connectivity index (χ4v) is 2.68. The van der Waals surface area contributed by atoms with E-state index >= 15 is 0 Å². The zero-order valence-electron chi connectivity index (χ0n) is 10.4. The normalized spacial score (nSPS) is 11.5. The van der Waals surface area contributed by atoms with Gasteiger partial charge in [-0.15, -0.1) is 0 Å². The molecular formula is C11H12N4O3S. The smallest absolute Gasteiger partial charge is 0.356 e. The topological polar surface area (TPSA) is 108 Å². The first kappa shape index (κ1) is 13.2. The highest BCUT2D eigenvalue weighted by Crippen LogP contribution is 2.22. The second kappa shape index (κ2) is 4.47. The number of aromatic nitrogens is 3. The summed E-state index contributed by atoms with van der Waals surface area (Å²) in [5.74, 6) is -0.157. The highest BCUT2D eigenvalue weighted by atomic mass is 32.2. The van der Waals surface area contributed by atoms with Crippen molar-refractivity contribution >= 4 is 15.8 Å². The van der Waals surface area contributed by atoms with Crippen LogP contribution in [0.2, 0.25) is 0 Å². The molecule has 0 saturated carbocycles. The van der Waals surface area contributed by atoms with Crippen LogP contribution in [0.1, 0.15) is 5.56 Å². The van der Waals surface area contributed by atoms with E-state index in [1.54, 1.807) is 19.1 Å². The molecule has 0 aliphatic rings. The van der Waals surface area contributed by atoms with Gasteiger partial charge in [0.25, 0.3) is 0 Å². The highest BCUT2D eigenvalue weighted by Gasteiger charge is 2.17. The number of benzene rings is 1. The third kappa shape index (κ3) is 2.48. The van der Waals surface area contributed by atoms with Crippen LogP contribution in [0, 0.1) is 6.92 Å². The summed E-state index contributed by atoms with van der Waals surface area (Å²) in [6, 6.07) is 4.74. The molecule has 1 heterocycles. The minimum atomic E-state index is -3.48. The van der Waals surface area contributed by atoms with Crippen molar-refractivity contribution in [2.45, 2.75) is 11.8 Å². The molecule has 0 bridgehead atoms. The number of nitrogens with zero attached hydrogens (tertiary/aromatic N) is 3. The summed E-state index contributed by atoms with van der Waals surface area (Å²) in [6.07, 6.45) is 2.25. The SMILES string of the molecule is Cc1cccc(S(C)(=O)=O)c1-n1cnc(N)nc1=O. The summed E-state index contributed by atoms with van der Waals surface area (Å²) in [5, 5.41) is 0. The van der Waals surface area contributed by atoms with E-state index in [1.807, 2.05) is 0 Å². The molecule has 0 unspecified atom stereocenters. The largest absolute Gasteiger partial charge is 0.368 e. The minimum Gasteiger partial charge on any atom is -0.368 e. The van der Waals surface area contributed by atoms with E-state index in [1.165, 1.54) is 12.4 Å². The Morgan fingerprint density at radius 2 is 2.00 bits per heavy atom. The van der Waals surface area contributed by atoms with Gasteiger partial charge < -0.3 is 5.73 Å². The second-order valence-corrected chi connectivity index (χ2v) is 6.05. The summed E-state index contributed by atoms with van der Waals surface area (Å²) >= 11 is 0. The number of hydrogen-bond acceptors (Lipinski definition) is 6. The lowest BCUT2D eigenvalue weighted by atomic mass is 10.2. The lowest BCUT2D eigenvalue weighted by Crippen LogP contribution is -2.25. The molecule has 0 amide bonds. The number of para-hydroxylation sites is 1. The van der Waals surface area contributed by atoms with E-state index in [0.717, 1.165) is 10.8 Å². The third-order valence-electron chi connectivity index (χ3n) is 2.56. The summed E-state index contributed by atoms with van der Waals surface area (Å²) in [4.78, 5) is 19.1. The van der Waals surface area contributed by atoms with Gasteiger partial charge in [-0.2, -0.15) is 4.98 Å². The Labute approximate surface area is 109 Å². The molecule has 1 aromatic heterocycles. The molecule has 0 atom stereocenters. The van der Waals surface area contributed by atoms with Gasteiger partial charge >= 0.3 is 5.69 Å². The lowest BCUT2D eigenvalue weighted by Gasteiger charge is -2.12. The second-order valence-electron chi connectivity index (χ2n) is 4.06. The molecule has 8 heteroatoms. The first-order valence-corrected chi connectivity index (χ1v) is 7.21. The summed E-state index contributed by atoms with van der Waals surface area (Å²) in [5.41, 5.74) is 5.51. The van der Waals surface area contributed by atoms with E-state index in [-0.39, 0.29) is 16.5 Å². The monoisotopic (exact) mass is 280 g/mol. The molecule has 2 aromatic rings. The van der Waals surface area contributed by atoms with Crippen LogP contribution in [0.15, 0.2) is 34.2 Å². The molecule has 0 radical (unpaired) electrons. The van der Waals surface area contributed by atoms with Crippen molar-refractivity contribution in [1.82, 2.24) is 14.5 Å². The van der Waals surface area contributed by atoms with Gasteiger partial charge in [0.05, 0.1) is 10.6 Å². The number of nitrogen functional groups attached to an aromatic ring is 1. The van der Waals surface area contributed by atoms with Crippen LogP contribution < -0.4 is 11.4 Å². The van der Waals surface area contributed by atoms with Gasteiger partial charge in [0.1, 0.15) is 6.33 Å². The van der Waals surface area contributed by atoms with Crippen molar-refractivity contribution < 1.29 is 8.42 Å². The van der Waals surface area contributed by atoms with Gasteiger partial charge in [-0.3, -0.25) is 0 Å². The highest BCUT2D eigenvalue weighted by molar-refractivity contribution is 7.90. The maximum Gasteiger partial charge on any atom is 0.356 e. The maximum absolute atomic E-state index is 11.8. The molecule has 2 N–H and O–H groups in total. The molecule has 100 valence electrons. The van der Waals surface area contributed by atoms with E-state index in [4.69, 9.17) is 5.73 Å². The zero-order valence-corrected chi connectivity index (χ0v) is 11.2. The Bertz CT molecular complexity index is 796. The molecule has 0 aliphatic heterocycles. The Balaban J connectivity index is 2.86. The van der Waals surface area contributed by atoms with Crippen LogP contribution in [0.3, 0.4) is 0 Å². The Morgan fingerprint density at radius 1 is 1.32 bits per heavy atom. The fraction of sp³-hybridized carbons (Fsp3) is 0.182. The lowest BCUT2D eigenvalue weighted by molar-refractivity contribution is 0.601.